The smallest absolute Gasteiger partial charge is 0.308 e. The van der Waals surface area contributed by atoms with E-state index in [-0.39, 0.29) is 11.9 Å². The van der Waals surface area contributed by atoms with Crippen molar-refractivity contribution in [2.24, 2.45) is 11.7 Å². The molecule has 1 saturated carbocycles. The largest absolute Gasteiger partial charge is 0.469 e. The normalized spacial score (nSPS) is 28.5. The Morgan fingerprint density at radius 1 is 1.60 bits per heavy atom. The molecule has 15 heavy (non-hydrogen) atoms. The molecule has 0 radical (unpaired) electrons. The summed E-state index contributed by atoms with van der Waals surface area (Å²) in [5, 5.41) is 3.44. The molecule has 1 aliphatic rings. The summed E-state index contributed by atoms with van der Waals surface area (Å²) in [6.45, 7) is 2.71. The van der Waals surface area contributed by atoms with Crippen LogP contribution in [0.5, 0.6) is 0 Å². The lowest BCUT2D eigenvalue weighted by molar-refractivity contribution is -0.146. The summed E-state index contributed by atoms with van der Waals surface area (Å²) in [6, 6.07) is 0.743. The van der Waals surface area contributed by atoms with Gasteiger partial charge in [0.25, 0.3) is 0 Å². The minimum atomic E-state index is -0.0677. The number of hydrogen-bond donors (Lipinski definition) is 2. The summed E-state index contributed by atoms with van der Waals surface area (Å²) >= 11 is 0. The summed E-state index contributed by atoms with van der Waals surface area (Å²) in [6.07, 6.45) is 4.07. The number of rotatable bonds is 4. The lowest BCUT2D eigenvalue weighted by atomic mass is 9.85. The zero-order valence-corrected chi connectivity index (χ0v) is 9.66. The molecule has 0 bridgehead atoms. The highest BCUT2D eigenvalue weighted by atomic mass is 16.5. The van der Waals surface area contributed by atoms with E-state index in [2.05, 4.69) is 12.2 Å². The highest BCUT2D eigenvalue weighted by molar-refractivity contribution is 5.72. The first-order chi connectivity index (χ1) is 7.17. The van der Waals surface area contributed by atoms with Gasteiger partial charge in [0.15, 0.2) is 0 Å². The average Bonchev–Trinajstić information content (AvgIpc) is 2.28. The molecule has 1 fully saturated rings. The summed E-state index contributed by atoms with van der Waals surface area (Å²) in [7, 11) is 1.46. The van der Waals surface area contributed by atoms with E-state index in [1.54, 1.807) is 0 Å². The maximum Gasteiger partial charge on any atom is 0.308 e. The quantitative estimate of drug-likeness (QED) is 0.675. The van der Waals surface area contributed by atoms with Gasteiger partial charge in [0.05, 0.1) is 13.0 Å². The zero-order valence-electron chi connectivity index (χ0n) is 9.66. The van der Waals surface area contributed by atoms with Gasteiger partial charge in [-0.15, -0.1) is 0 Å². The Morgan fingerprint density at radius 3 is 2.93 bits per heavy atom. The molecule has 3 atom stereocenters. The lowest BCUT2D eigenvalue weighted by Gasteiger charge is -2.30. The van der Waals surface area contributed by atoms with Gasteiger partial charge in [-0.2, -0.15) is 0 Å². The van der Waals surface area contributed by atoms with Gasteiger partial charge >= 0.3 is 5.97 Å². The van der Waals surface area contributed by atoms with Crippen LogP contribution in [0, 0.1) is 5.92 Å². The molecule has 0 aliphatic heterocycles. The monoisotopic (exact) mass is 214 g/mol. The van der Waals surface area contributed by atoms with Crippen LogP contribution in [-0.4, -0.2) is 31.7 Å². The van der Waals surface area contributed by atoms with E-state index in [1.807, 2.05) is 0 Å². The number of methoxy groups -OCH3 is 1. The van der Waals surface area contributed by atoms with Gasteiger partial charge < -0.3 is 15.8 Å². The predicted molar refractivity (Wildman–Crippen MR) is 59.4 cm³/mol. The molecule has 4 heteroatoms. The second-order valence-corrected chi connectivity index (χ2v) is 4.39. The van der Waals surface area contributed by atoms with Gasteiger partial charge in [-0.3, -0.25) is 4.79 Å². The molecule has 0 amide bonds. The minimum absolute atomic E-state index is 0.0677. The minimum Gasteiger partial charge on any atom is -0.469 e. The Labute approximate surface area is 91.5 Å². The maximum atomic E-state index is 11.4. The average molecular weight is 214 g/mol. The predicted octanol–water partition coefficient (Wildman–Crippen LogP) is 0.655. The molecule has 0 aromatic rings. The standard InChI is InChI=1S/C11H22N2O2/c1-8(7-12)13-10-5-3-4-9(6-10)11(14)15-2/h8-10,13H,3-7,12H2,1-2H3/t8?,9-,10-/m1/s1. The van der Waals surface area contributed by atoms with Crippen LogP contribution in [0.1, 0.15) is 32.6 Å². The molecule has 3 N–H and O–H groups in total. The third-order valence-electron chi connectivity index (χ3n) is 3.08. The summed E-state index contributed by atoms with van der Waals surface area (Å²) in [4.78, 5) is 11.4. The summed E-state index contributed by atoms with van der Waals surface area (Å²) in [5.41, 5.74) is 5.56. The Kier molecular flexibility index (Phi) is 5.05. The van der Waals surface area contributed by atoms with Crippen LogP contribution in [-0.2, 0) is 9.53 Å². The van der Waals surface area contributed by atoms with E-state index in [4.69, 9.17) is 10.5 Å². The third kappa shape index (κ3) is 3.80. The first kappa shape index (κ1) is 12.5. The van der Waals surface area contributed by atoms with Crippen molar-refractivity contribution >= 4 is 5.97 Å². The van der Waals surface area contributed by atoms with Crippen molar-refractivity contribution in [2.75, 3.05) is 13.7 Å². The molecule has 1 unspecified atom stereocenters. The lowest BCUT2D eigenvalue weighted by Crippen LogP contribution is -2.44. The van der Waals surface area contributed by atoms with Crippen LogP contribution in [0.25, 0.3) is 0 Å². The van der Waals surface area contributed by atoms with Crippen molar-refractivity contribution in [2.45, 2.75) is 44.7 Å². The number of nitrogens with two attached hydrogens (primary N) is 1. The number of carbonyl (C=O) groups is 1. The Bertz CT molecular complexity index is 209. The highest BCUT2D eigenvalue weighted by Crippen LogP contribution is 2.25. The van der Waals surface area contributed by atoms with E-state index in [1.165, 1.54) is 7.11 Å². The van der Waals surface area contributed by atoms with E-state index < -0.39 is 0 Å². The Balaban J connectivity index is 2.38. The van der Waals surface area contributed by atoms with E-state index in [0.29, 0.717) is 18.6 Å². The molecule has 0 aromatic heterocycles. The Morgan fingerprint density at radius 2 is 2.33 bits per heavy atom. The number of hydrogen-bond acceptors (Lipinski definition) is 4. The Hall–Kier alpha value is -0.610. The van der Waals surface area contributed by atoms with Crippen LogP contribution in [0.15, 0.2) is 0 Å². The molecular formula is C11H22N2O2. The van der Waals surface area contributed by atoms with Crippen molar-refractivity contribution in [3.05, 3.63) is 0 Å². The molecule has 0 spiro atoms. The highest BCUT2D eigenvalue weighted by Gasteiger charge is 2.28. The van der Waals surface area contributed by atoms with Crippen molar-refractivity contribution in [3.63, 3.8) is 0 Å². The van der Waals surface area contributed by atoms with Gasteiger partial charge in [-0.1, -0.05) is 6.42 Å². The number of esters is 1. The van der Waals surface area contributed by atoms with Gasteiger partial charge in [-0.25, -0.2) is 0 Å². The van der Waals surface area contributed by atoms with Crippen LogP contribution >= 0.6 is 0 Å². The SMILES string of the molecule is COC(=O)[C@@H]1CCC[C@@H](NC(C)CN)C1. The van der Waals surface area contributed by atoms with Crippen molar-refractivity contribution < 1.29 is 9.53 Å². The van der Waals surface area contributed by atoms with Crippen molar-refractivity contribution in [1.82, 2.24) is 5.32 Å². The van der Waals surface area contributed by atoms with E-state index in [9.17, 15) is 4.79 Å². The van der Waals surface area contributed by atoms with Crippen LogP contribution in [0.3, 0.4) is 0 Å². The second-order valence-electron chi connectivity index (χ2n) is 4.39. The third-order valence-corrected chi connectivity index (χ3v) is 3.08. The van der Waals surface area contributed by atoms with Gasteiger partial charge in [0.2, 0.25) is 0 Å². The van der Waals surface area contributed by atoms with Crippen molar-refractivity contribution in [1.29, 1.82) is 0 Å². The zero-order chi connectivity index (χ0) is 11.3. The number of ether oxygens (including phenoxy) is 1. The second kappa shape index (κ2) is 6.08. The summed E-state index contributed by atoms with van der Waals surface area (Å²) < 4.78 is 4.78. The van der Waals surface area contributed by atoms with Gasteiger partial charge in [0, 0.05) is 18.6 Å². The van der Waals surface area contributed by atoms with Crippen molar-refractivity contribution in [3.8, 4) is 0 Å². The molecule has 0 saturated heterocycles. The summed E-state index contributed by atoms with van der Waals surface area (Å²) in [5.74, 6) is 0.00752. The van der Waals surface area contributed by atoms with Gasteiger partial charge in [-0.05, 0) is 26.2 Å². The molecule has 88 valence electrons. The van der Waals surface area contributed by atoms with Crippen LogP contribution in [0.4, 0.5) is 0 Å². The first-order valence-electron chi connectivity index (χ1n) is 5.71. The fourth-order valence-corrected chi connectivity index (χ4v) is 2.19. The molecule has 1 aliphatic carbocycles. The first-order valence-corrected chi connectivity index (χ1v) is 5.71. The number of nitrogens with one attached hydrogen (secondary N) is 1. The maximum absolute atomic E-state index is 11.4. The van der Waals surface area contributed by atoms with Gasteiger partial charge in [0.1, 0.15) is 0 Å². The number of carbonyl (C=O) groups excluding carboxylic acids is 1. The topological polar surface area (TPSA) is 64.3 Å². The molecular weight excluding hydrogens is 192 g/mol. The molecule has 0 aromatic carbocycles. The van der Waals surface area contributed by atoms with Crippen LogP contribution < -0.4 is 11.1 Å². The fourth-order valence-electron chi connectivity index (χ4n) is 2.19. The fraction of sp³-hybridized carbons (Fsp3) is 0.909. The van der Waals surface area contributed by atoms with E-state index in [0.717, 1.165) is 25.7 Å². The van der Waals surface area contributed by atoms with Crippen LogP contribution in [0.2, 0.25) is 0 Å². The van der Waals surface area contributed by atoms with E-state index >= 15 is 0 Å². The molecule has 0 heterocycles. The molecule has 1 rings (SSSR count). The molecule has 4 nitrogen and oxygen atoms in total.